The van der Waals surface area contributed by atoms with Crippen LogP contribution in [0.5, 0.6) is 6.01 Å². The zero-order valence-corrected chi connectivity index (χ0v) is 17.6. The van der Waals surface area contributed by atoms with Crippen LogP contribution in [0.15, 0.2) is 33.9 Å². The number of aryl methyl sites for hydroxylation is 1. The number of rotatable bonds is 8. The number of imidazole rings is 1. The van der Waals surface area contributed by atoms with Gasteiger partial charge in [-0.2, -0.15) is 4.98 Å². The Morgan fingerprint density at radius 3 is 2.50 bits per heavy atom. The highest BCUT2D eigenvalue weighted by atomic mass is 35.5. The van der Waals surface area contributed by atoms with Gasteiger partial charge in [-0.05, 0) is 50.3 Å². The number of benzene rings is 1. The van der Waals surface area contributed by atoms with Crippen molar-refractivity contribution in [2.45, 2.75) is 58.3 Å². The Labute approximate surface area is 178 Å². The standard InChI is InChI=1S/C21H25ClN4O4/c1-2-24-18-17(19(28)25(21(24)29)11-4-12-27)26(13-14-7-9-15(22)10-8-14)20(23-18)30-16-5-3-6-16/h7-10,16,27H,2-6,11-13H2,1H3. The molecule has 0 unspecified atom stereocenters. The number of aromatic nitrogens is 4. The average molecular weight is 433 g/mol. The predicted octanol–water partition coefficient (Wildman–Crippen LogP) is 2.39. The fourth-order valence-electron chi connectivity index (χ4n) is 3.63. The van der Waals surface area contributed by atoms with E-state index in [4.69, 9.17) is 16.3 Å². The van der Waals surface area contributed by atoms with E-state index in [0.29, 0.717) is 41.7 Å². The summed E-state index contributed by atoms with van der Waals surface area (Å²) in [4.78, 5) is 30.8. The van der Waals surface area contributed by atoms with Crippen LogP contribution in [-0.4, -0.2) is 36.5 Å². The van der Waals surface area contributed by atoms with Crippen LogP contribution in [0.25, 0.3) is 11.2 Å². The molecule has 2 heterocycles. The first-order valence-corrected chi connectivity index (χ1v) is 10.7. The summed E-state index contributed by atoms with van der Waals surface area (Å²) in [6.07, 6.45) is 3.40. The molecule has 160 valence electrons. The number of ether oxygens (including phenoxy) is 1. The van der Waals surface area contributed by atoms with Crippen LogP contribution in [0.2, 0.25) is 5.02 Å². The van der Waals surface area contributed by atoms with Gasteiger partial charge in [0.2, 0.25) is 0 Å². The molecule has 1 fully saturated rings. The summed E-state index contributed by atoms with van der Waals surface area (Å²) in [5, 5.41) is 9.82. The molecular formula is C21H25ClN4O4. The van der Waals surface area contributed by atoms with Crippen molar-refractivity contribution in [3.63, 3.8) is 0 Å². The number of aliphatic hydroxyl groups excluding tert-OH is 1. The lowest BCUT2D eigenvalue weighted by Gasteiger charge is -2.25. The Hall–Kier alpha value is -2.58. The highest BCUT2D eigenvalue weighted by molar-refractivity contribution is 6.30. The topological polar surface area (TPSA) is 91.3 Å². The molecule has 1 aromatic carbocycles. The lowest BCUT2D eigenvalue weighted by Crippen LogP contribution is -2.40. The van der Waals surface area contributed by atoms with Crippen molar-refractivity contribution in [3.05, 3.63) is 55.7 Å². The van der Waals surface area contributed by atoms with E-state index in [9.17, 15) is 14.7 Å². The van der Waals surface area contributed by atoms with Crippen LogP contribution < -0.4 is 16.0 Å². The highest BCUT2D eigenvalue weighted by Gasteiger charge is 2.26. The van der Waals surface area contributed by atoms with Gasteiger partial charge in [-0.15, -0.1) is 0 Å². The van der Waals surface area contributed by atoms with Crippen LogP contribution in [0, 0.1) is 0 Å². The van der Waals surface area contributed by atoms with Crippen molar-refractivity contribution in [2.75, 3.05) is 6.61 Å². The van der Waals surface area contributed by atoms with Gasteiger partial charge < -0.3 is 9.84 Å². The SMILES string of the molecule is CCn1c(=O)n(CCCO)c(=O)c2c1nc(OC1CCC1)n2Cc1ccc(Cl)cc1. The number of nitrogens with zero attached hydrogens (tertiary/aromatic N) is 4. The third-order valence-electron chi connectivity index (χ3n) is 5.51. The molecule has 30 heavy (non-hydrogen) atoms. The summed E-state index contributed by atoms with van der Waals surface area (Å²) in [5.41, 5.74) is 0.760. The van der Waals surface area contributed by atoms with E-state index in [-0.39, 0.29) is 19.3 Å². The molecule has 0 amide bonds. The van der Waals surface area contributed by atoms with Crippen LogP contribution in [0.3, 0.4) is 0 Å². The largest absolute Gasteiger partial charge is 0.461 e. The molecular weight excluding hydrogens is 408 g/mol. The second-order valence-electron chi connectivity index (χ2n) is 7.51. The summed E-state index contributed by atoms with van der Waals surface area (Å²) in [6, 6.07) is 7.72. The Morgan fingerprint density at radius 2 is 1.90 bits per heavy atom. The van der Waals surface area contributed by atoms with Crippen molar-refractivity contribution < 1.29 is 9.84 Å². The van der Waals surface area contributed by atoms with Crippen molar-refractivity contribution in [1.29, 1.82) is 0 Å². The molecule has 0 saturated heterocycles. The lowest BCUT2D eigenvalue weighted by molar-refractivity contribution is 0.104. The zero-order chi connectivity index (χ0) is 21.3. The minimum atomic E-state index is -0.421. The predicted molar refractivity (Wildman–Crippen MR) is 114 cm³/mol. The van der Waals surface area contributed by atoms with E-state index < -0.39 is 11.2 Å². The Balaban J connectivity index is 1.92. The molecule has 2 aromatic heterocycles. The number of aliphatic hydroxyl groups is 1. The zero-order valence-electron chi connectivity index (χ0n) is 16.9. The fraction of sp³-hybridized carbons (Fsp3) is 0.476. The van der Waals surface area contributed by atoms with Crippen LogP contribution in [-0.2, 0) is 19.6 Å². The van der Waals surface area contributed by atoms with Crippen molar-refractivity contribution in [2.24, 2.45) is 0 Å². The maximum absolute atomic E-state index is 13.3. The Morgan fingerprint density at radius 1 is 1.17 bits per heavy atom. The first kappa shape index (κ1) is 20.7. The Bertz CT molecular complexity index is 1160. The van der Waals surface area contributed by atoms with Gasteiger partial charge in [-0.3, -0.25) is 18.5 Å². The molecule has 0 atom stereocenters. The molecule has 9 heteroatoms. The van der Waals surface area contributed by atoms with E-state index in [0.717, 1.165) is 24.8 Å². The number of fused-ring (bicyclic) bond motifs is 1. The molecule has 1 saturated carbocycles. The van der Waals surface area contributed by atoms with Crippen molar-refractivity contribution in [3.8, 4) is 6.01 Å². The third kappa shape index (κ3) is 3.77. The molecule has 3 aromatic rings. The summed E-state index contributed by atoms with van der Waals surface area (Å²) in [7, 11) is 0. The van der Waals surface area contributed by atoms with Gasteiger partial charge in [0.05, 0.1) is 6.54 Å². The van der Waals surface area contributed by atoms with Gasteiger partial charge in [-0.25, -0.2) is 4.79 Å². The van der Waals surface area contributed by atoms with E-state index in [1.807, 2.05) is 19.1 Å². The van der Waals surface area contributed by atoms with Crippen LogP contribution >= 0.6 is 11.6 Å². The van der Waals surface area contributed by atoms with E-state index in [1.54, 1.807) is 16.7 Å². The second-order valence-corrected chi connectivity index (χ2v) is 7.95. The molecule has 0 spiro atoms. The van der Waals surface area contributed by atoms with Crippen LogP contribution in [0.4, 0.5) is 0 Å². The molecule has 1 aliphatic carbocycles. The molecule has 1 aliphatic rings. The number of hydrogen-bond donors (Lipinski definition) is 1. The quantitative estimate of drug-likeness (QED) is 0.590. The Kier molecular flexibility index (Phi) is 5.97. The number of halogens is 1. The van der Waals surface area contributed by atoms with Gasteiger partial charge >= 0.3 is 5.69 Å². The molecule has 0 bridgehead atoms. The average Bonchev–Trinajstić information content (AvgIpc) is 3.05. The minimum absolute atomic E-state index is 0.0733. The van der Waals surface area contributed by atoms with Crippen molar-refractivity contribution in [1.82, 2.24) is 18.7 Å². The first-order valence-electron chi connectivity index (χ1n) is 10.3. The van der Waals surface area contributed by atoms with Crippen molar-refractivity contribution >= 4 is 22.8 Å². The summed E-state index contributed by atoms with van der Waals surface area (Å²) in [6.45, 7) is 2.62. The highest BCUT2D eigenvalue weighted by Crippen LogP contribution is 2.27. The number of hydrogen-bond acceptors (Lipinski definition) is 5. The minimum Gasteiger partial charge on any atom is -0.461 e. The maximum atomic E-state index is 13.3. The smallest absolute Gasteiger partial charge is 0.332 e. The lowest BCUT2D eigenvalue weighted by atomic mass is 9.96. The van der Waals surface area contributed by atoms with E-state index >= 15 is 0 Å². The fourth-order valence-corrected chi connectivity index (χ4v) is 3.75. The first-order chi connectivity index (χ1) is 14.5. The van der Waals surface area contributed by atoms with Gasteiger partial charge in [0.15, 0.2) is 11.2 Å². The summed E-state index contributed by atoms with van der Waals surface area (Å²) < 4.78 is 10.5. The maximum Gasteiger partial charge on any atom is 0.332 e. The van der Waals surface area contributed by atoms with E-state index in [2.05, 4.69) is 4.98 Å². The van der Waals surface area contributed by atoms with Crippen LogP contribution in [0.1, 0.15) is 38.2 Å². The second kappa shape index (κ2) is 8.65. The van der Waals surface area contributed by atoms with Gasteiger partial charge in [0.25, 0.3) is 11.6 Å². The molecule has 1 N–H and O–H groups in total. The molecule has 0 radical (unpaired) electrons. The van der Waals surface area contributed by atoms with E-state index in [1.165, 1.54) is 9.13 Å². The monoisotopic (exact) mass is 432 g/mol. The third-order valence-corrected chi connectivity index (χ3v) is 5.77. The molecule has 0 aliphatic heterocycles. The summed E-state index contributed by atoms with van der Waals surface area (Å²) in [5.74, 6) is 0. The summed E-state index contributed by atoms with van der Waals surface area (Å²) >= 11 is 6.01. The van der Waals surface area contributed by atoms with Gasteiger partial charge in [0.1, 0.15) is 6.10 Å². The molecule has 4 rings (SSSR count). The van der Waals surface area contributed by atoms with Gasteiger partial charge in [0, 0.05) is 24.7 Å². The normalized spacial score (nSPS) is 14.2. The van der Waals surface area contributed by atoms with Gasteiger partial charge in [-0.1, -0.05) is 23.7 Å². The molecule has 8 nitrogen and oxygen atoms in total.